The molecule has 0 radical (unpaired) electrons. The van der Waals surface area contributed by atoms with Crippen LogP contribution in [0, 0.1) is 5.92 Å². The van der Waals surface area contributed by atoms with Crippen LogP contribution in [0.2, 0.25) is 0 Å². The monoisotopic (exact) mass is 204 g/mol. The van der Waals surface area contributed by atoms with Crippen molar-refractivity contribution in [3.63, 3.8) is 0 Å². The van der Waals surface area contributed by atoms with Gasteiger partial charge in [-0.2, -0.15) is 0 Å². The van der Waals surface area contributed by atoms with Gasteiger partial charge in [-0.25, -0.2) is 0 Å². The molecule has 0 aliphatic heterocycles. The second kappa shape index (κ2) is 7.73. The maximum Gasteiger partial charge on any atom is 0.220 e. The molecule has 5 nitrogen and oxygen atoms in total. The van der Waals surface area contributed by atoms with Gasteiger partial charge in [0, 0.05) is 13.0 Å². The van der Waals surface area contributed by atoms with Gasteiger partial charge in [0.15, 0.2) is 0 Å². The molecule has 5 heteroatoms. The Morgan fingerprint density at radius 3 is 2.64 bits per heavy atom. The molecular formula is C9H20N2O3. The predicted molar refractivity (Wildman–Crippen MR) is 53.6 cm³/mol. The molecule has 14 heavy (non-hydrogen) atoms. The van der Waals surface area contributed by atoms with E-state index >= 15 is 0 Å². The fourth-order valence-electron chi connectivity index (χ4n) is 1.02. The van der Waals surface area contributed by atoms with E-state index in [1.165, 1.54) is 0 Å². The molecule has 0 aliphatic carbocycles. The number of aliphatic hydroxyl groups is 2. The van der Waals surface area contributed by atoms with E-state index in [-0.39, 0.29) is 25.0 Å². The van der Waals surface area contributed by atoms with Crippen LogP contribution in [0.25, 0.3) is 0 Å². The molecule has 0 spiro atoms. The molecule has 0 aromatic heterocycles. The molecule has 0 fully saturated rings. The van der Waals surface area contributed by atoms with E-state index in [1.54, 1.807) is 0 Å². The minimum atomic E-state index is -0.878. The second-order valence-corrected chi connectivity index (χ2v) is 3.35. The topological polar surface area (TPSA) is 95.6 Å². The van der Waals surface area contributed by atoms with Crippen LogP contribution in [0.3, 0.4) is 0 Å². The molecule has 2 atom stereocenters. The van der Waals surface area contributed by atoms with E-state index in [0.717, 1.165) is 6.42 Å². The van der Waals surface area contributed by atoms with Crippen LogP contribution in [0.5, 0.6) is 0 Å². The number of aliphatic hydroxyl groups excluding tert-OH is 2. The van der Waals surface area contributed by atoms with Crippen molar-refractivity contribution in [2.75, 3.05) is 19.7 Å². The summed E-state index contributed by atoms with van der Waals surface area (Å²) in [6, 6.07) is 0. The lowest BCUT2D eigenvalue weighted by atomic mass is 10.0. The van der Waals surface area contributed by atoms with Gasteiger partial charge in [-0.1, -0.05) is 13.3 Å². The first kappa shape index (κ1) is 13.4. The number of carbonyl (C=O) groups excluding carboxylic acids is 1. The third kappa shape index (κ3) is 5.90. The molecule has 2 unspecified atom stereocenters. The van der Waals surface area contributed by atoms with Gasteiger partial charge in [0.2, 0.25) is 5.91 Å². The first-order valence-electron chi connectivity index (χ1n) is 4.89. The average Bonchev–Trinajstić information content (AvgIpc) is 2.22. The molecule has 0 saturated carbocycles. The summed E-state index contributed by atoms with van der Waals surface area (Å²) in [5, 5.41) is 20.0. The molecule has 0 heterocycles. The van der Waals surface area contributed by atoms with Crippen LogP contribution in [-0.2, 0) is 4.79 Å². The quantitative estimate of drug-likeness (QED) is 0.420. The van der Waals surface area contributed by atoms with Crippen molar-refractivity contribution >= 4 is 5.91 Å². The predicted octanol–water partition coefficient (Wildman–Crippen LogP) is -1.17. The molecule has 0 rings (SSSR count). The third-order valence-corrected chi connectivity index (χ3v) is 2.13. The SMILES string of the molecule is CCC(CN)CC(=O)NCC(O)CO. The largest absolute Gasteiger partial charge is 0.394 e. The van der Waals surface area contributed by atoms with Gasteiger partial charge >= 0.3 is 0 Å². The van der Waals surface area contributed by atoms with E-state index in [0.29, 0.717) is 13.0 Å². The van der Waals surface area contributed by atoms with Gasteiger partial charge in [0.1, 0.15) is 0 Å². The molecule has 0 aliphatic rings. The van der Waals surface area contributed by atoms with E-state index < -0.39 is 6.10 Å². The summed E-state index contributed by atoms with van der Waals surface area (Å²) in [6.45, 7) is 2.23. The number of hydrogen-bond donors (Lipinski definition) is 4. The zero-order valence-corrected chi connectivity index (χ0v) is 8.57. The van der Waals surface area contributed by atoms with Gasteiger partial charge in [-0.15, -0.1) is 0 Å². The lowest BCUT2D eigenvalue weighted by Gasteiger charge is -2.13. The summed E-state index contributed by atoms with van der Waals surface area (Å²) in [5.41, 5.74) is 5.44. The molecular weight excluding hydrogens is 184 g/mol. The zero-order chi connectivity index (χ0) is 11.0. The standard InChI is InChI=1S/C9H20N2O3/c1-2-7(4-10)3-9(14)11-5-8(13)6-12/h7-8,12-13H,2-6,10H2,1H3,(H,11,14). The highest BCUT2D eigenvalue weighted by molar-refractivity contribution is 5.76. The summed E-state index contributed by atoms with van der Waals surface area (Å²) in [7, 11) is 0. The summed E-state index contributed by atoms with van der Waals surface area (Å²) >= 11 is 0. The molecule has 84 valence electrons. The molecule has 0 bridgehead atoms. The number of hydrogen-bond acceptors (Lipinski definition) is 4. The van der Waals surface area contributed by atoms with Crippen molar-refractivity contribution in [3.05, 3.63) is 0 Å². The molecule has 0 aromatic rings. The highest BCUT2D eigenvalue weighted by Gasteiger charge is 2.11. The summed E-state index contributed by atoms with van der Waals surface area (Å²) in [6.07, 6.45) is 0.370. The lowest BCUT2D eigenvalue weighted by molar-refractivity contribution is -0.122. The number of nitrogens with two attached hydrogens (primary N) is 1. The summed E-state index contributed by atoms with van der Waals surface area (Å²) < 4.78 is 0. The second-order valence-electron chi connectivity index (χ2n) is 3.35. The molecule has 0 saturated heterocycles. The Labute approximate surface area is 84.3 Å². The van der Waals surface area contributed by atoms with E-state index in [2.05, 4.69) is 5.32 Å². The summed E-state index contributed by atoms with van der Waals surface area (Å²) in [4.78, 5) is 11.2. The number of amides is 1. The normalized spacial score (nSPS) is 14.9. The van der Waals surface area contributed by atoms with Crippen molar-refractivity contribution in [1.82, 2.24) is 5.32 Å². The van der Waals surface area contributed by atoms with Gasteiger partial charge in [0.05, 0.1) is 12.7 Å². The van der Waals surface area contributed by atoms with Gasteiger partial charge in [-0.3, -0.25) is 4.79 Å². The number of carbonyl (C=O) groups is 1. The van der Waals surface area contributed by atoms with Gasteiger partial charge in [0.25, 0.3) is 0 Å². The van der Waals surface area contributed by atoms with Crippen molar-refractivity contribution in [1.29, 1.82) is 0 Å². The fraction of sp³-hybridized carbons (Fsp3) is 0.889. The van der Waals surface area contributed by atoms with Crippen LogP contribution in [-0.4, -0.2) is 41.9 Å². The Balaban J connectivity index is 3.64. The van der Waals surface area contributed by atoms with Crippen LogP contribution in [0.15, 0.2) is 0 Å². The maximum atomic E-state index is 11.2. The van der Waals surface area contributed by atoms with E-state index in [9.17, 15) is 4.79 Å². The Morgan fingerprint density at radius 2 is 2.21 bits per heavy atom. The first-order chi connectivity index (χ1) is 6.63. The van der Waals surface area contributed by atoms with Crippen LogP contribution in [0.1, 0.15) is 19.8 Å². The van der Waals surface area contributed by atoms with Crippen LogP contribution >= 0.6 is 0 Å². The minimum Gasteiger partial charge on any atom is -0.394 e. The minimum absolute atomic E-state index is 0.0936. The highest BCUT2D eigenvalue weighted by Crippen LogP contribution is 2.04. The van der Waals surface area contributed by atoms with Crippen molar-refractivity contribution in [3.8, 4) is 0 Å². The maximum absolute atomic E-state index is 11.2. The van der Waals surface area contributed by atoms with E-state index in [4.69, 9.17) is 15.9 Å². The lowest BCUT2D eigenvalue weighted by Crippen LogP contribution is -2.35. The van der Waals surface area contributed by atoms with E-state index in [1.807, 2.05) is 6.92 Å². The number of nitrogens with one attached hydrogen (secondary N) is 1. The Morgan fingerprint density at radius 1 is 1.57 bits per heavy atom. The average molecular weight is 204 g/mol. The fourth-order valence-corrected chi connectivity index (χ4v) is 1.02. The number of rotatable bonds is 7. The van der Waals surface area contributed by atoms with Crippen molar-refractivity contribution in [2.45, 2.75) is 25.9 Å². The Kier molecular flexibility index (Phi) is 7.37. The van der Waals surface area contributed by atoms with Crippen molar-refractivity contribution < 1.29 is 15.0 Å². The Hall–Kier alpha value is -0.650. The summed E-state index contributed by atoms with van der Waals surface area (Å²) in [5.74, 6) is 0.0658. The Bertz CT molecular complexity index is 160. The zero-order valence-electron chi connectivity index (χ0n) is 8.57. The van der Waals surface area contributed by atoms with Crippen molar-refractivity contribution in [2.24, 2.45) is 11.7 Å². The molecule has 5 N–H and O–H groups in total. The van der Waals surface area contributed by atoms with Gasteiger partial charge in [-0.05, 0) is 12.5 Å². The third-order valence-electron chi connectivity index (χ3n) is 2.13. The smallest absolute Gasteiger partial charge is 0.220 e. The van der Waals surface area contributed by atoms with Gasteiger partial charge < -0.3 is 21.3 Å². The molecule has 1 amide bonds. The van der Waals surface area contributed by atoms with Crippen LogP contribution < -0.4 is 11.1 Å². The van der Waals surface area contributed by atoms with Crippen LogP contribution in [0.4, 0.5) is 0 Å². The highest BCUT2D eigenvalue weighted by atomic mass is 16.3. The molecule has 0 aromatic carbocycles. The first-order valence-corrected chi connectivity index (χ1v) is 4.89.